The second-order valence-corrected chi connectivity index (χ2v) is 6.79. The Hall–Kier alpha value is -0.960. The van der Waals surface area contributed by atoms with Crippen molar-refractivity contribution in [2.75, 3.05) is 0 Å². The summed E-state index contributed by atoms with van der Waals surface area (Å²) in [6.45, 7) is 4.52. The van der Waals surface area contributed by atoms with Crippen molar-refractivity contribution in [1.82, 2.24) is 0 Å². The van der Waals surface area contributed by atoms with E-state index in [0.29, 0.717) is 17.4 Å². The molecule has 0 aromatic heterocycles. The zero-order chi connectivity index (χ0) is 14.1. The largest absolute Gasteiger partial charge is 0.325 e. The van der Waals surface area contributed by atoms with Gasteiger partial charge in [0.05, 0.1) is 0 Å². The minimum absolute atomic E-state index is 0.322. The van der Waals surface area contributed by atoms with Crippen LogP contribution in [0.3, 0.4) is 0 Å². The van der Waals surface area contributed by atoms with E-state index in [0.717, 1.165) is 38.2 Å². The molecule has 1 aliphatic rings. The topological polar surface area (TPSA) is 26.0 Å². The molecular formula is C16H23F2N. The molecule has 1 unspecified atom stereocenters. The van der Waals surface area contributed by atoms with Gasteiger partial charge in [-0.2, -0.15) is 0 Å². The number of hydrogen-bond acceptors (Lipinski definition) is 1. The fourth-order valence-electron chi connectivity index (χ4n) is 2.98. The van der Waals surface area contributed by atoms with Gasteiger partial charge >= 0.3 is 0 Å². The molecule has 0 bridgehead atoms. The number of hydrogen-bond donors (Lipinski definition) is 1. The van der Waals surface area contributed by atoms with Crippen LogP contribution in [0.1, 0.15) is 51.5 Å². The van der Waals surface area contributed by atoms with Crippen LogP contribution >= 0.6 is 0 Å². The monoisotopic (exact) mass is 267 g/mol. The van der Waals surface area contributed by atoms with Crippen molar-refractivity contribution < 1.29 is 8.78 Å². The number of rotatable bonds is 2. The van der Waals surface area contributed by atoms with Gasteiger partial charge in [-0.1, -0.05) is 26.3 Å². The average Bonchev–Trinajstić information content (AvgIpc) is 2.43. The second kappa shape index (κ2) is 5.20. The summed E-state index contributed by atoms with van der Waals surface area (Å²) < 4.78 is 26.7. The van der Waals surface area contributed by atoms with Crippen LogP contribution in [0, 0.1) is 17.0 Å². The van der Waals surface area contributed by atoms with Crippen molar-refractivity contribution in [1.29, 1.82) is 0 Å². The first-order chi connectivity index (χ1) is 8.80. The smallest absolute Gasteiger partial charge is 0.129 e. The first-order valence-electron chi connectivity index (χ1n) is 7.03. The second-order valence-electron chi connectivity index (χ2n) is 6.79. The van der Waals surface area contributed by atoms with E-state index in [1.165, 1.54) is 12.1 Å². The van der Waals surface area contributed by atoms with Gasteiger partial charge in [-0.15, -0.1) is 0 Å². The Balaban J connectivity index is 2.12. The molecule has 1 nitrogen and oxygen atoms in total. The minimum atomic E-state index is -0.533. The van der Waals surface area contributed by atoms with Crippen LogP contribution in [0.15, 0.2) is 18.2 Å². The average molecular weight is 267 g/mol. The lowest BCUT2D eigenvalue weighted by Crippen LogP contribution is -2.42. The molecule has 0 spiro atoms. The lowest BCUT2D eigenvalue weighted by Gasteiger charge is -2.29. The lowest BCUT2D eigenvalue weighted by molar-refractivity contribution is 0.296. The van der Waals surface area contributed by atoms with Gasteiger partial charge < -0.3 is 5.73 Å². The van der Waals surface area contributed by atoms with Crippen molar-refractivity contribution in [3.63, 3.8) is 0 Å². The number of benzene rings is 1. The summed E-state index contributed by atoms with van der Waals surface area (Å²) in [4.78, 5) is 0. The quantitative estimate of drug-likeness (QED) is 0.799. The zero-order valence-corrected chi connectivity index (χ0v) is 11.8. The molecule has 0 saturated heterocycles. The van der Waals surface area contributed by atoms with E-state index in [1.54, 1.807) is 0 Å². The minimum Gasteiger partial charge on any atom is -0.325 e. The van der Waals surface area contributed by atoms with Crippen molar-refractivity contribution in [3.05, 3.63) is 35.4 Å². The van der Waals surface area contributed by atoms with Gasteiger partial charge in [-0.3, -0.25) is 0 Å². The molecular weight excluding hydrogens is 244 g/mol. The molecule has 2 N–H and O–H groups in total. The first-order valence-corrected chi connectivity index (χ1v) is 7.03. The van der Waals surface area contributed by atoms with Crippen molar-refractivity contribution in [2.24, 2.45) is 11.1 Å². The molecule has 1 saturated carbocycles. The van der Waals surface area contributed by atoms with E-state index in [1.807, 2.05) is 0 Å². The molecule has 1 atom stereocenters. The highest BCUT2D eigenvalue weighted by molar-refractivity contribution is 5.21. The highest BCUT2D eigenvalue weighted by Gasteiger charge is 2.33. The van der Waals surface area contributed by atoms with Gasteiger partial charge in [0.1, 0.15) is 11.6 Å². The summed E-state index contributed by atoms with van der Waals surface area (Å²) >= 11 is 0. The first kappa shape index (κ1) is 14.4. The third-order valence-electron chi connectivity index (χ3n) is 4.39. The molecule has 3 heteroatoms. The van der Waals surface area contributed by atoms with E-state index in [2.05, 4.69) is 13.8 Å². The molecule has 0 amide bonds. The fourth-order valence-corrected chi connectivity index (χ4v) is 2.98. The number of halogens is 2. The highest BCUT2D eigenvalue weighted by Crippen LogP contribution is 2.38. The fraction of sp³-hybridized carbons (Fsp3) is 0.625. The zero-order valence-electron chi connectivity index (χ0n) is 11.8. The summed E-state index contributed by atoms with van der Waals surface area (Å²) in [5, 5.41) is 0. The Labute approximate surface area is 114 Å². The Morgan fingerprint density at radius 3 is 2.53 bits per heavy atom. The molecule has 0 aliphatic heterocycles. The summed E-state index contributed by atoms with van der Waals surface area (Å²) in [5.74, 6) is -1.01. The van der Waals surface area contributed by atoms with E-state index < -0.39 is 11.6 Å². The Kier molecular flexibility index (Phi) is 3.95. The molecule has 1 fully saturated rings. The van der Waals surface area contributed by atoms with Gasteiger partial charge in [0.15, 0.2) is 0 Å². The third kappa shape index (κ3) is 3.75. The summed E-state index contributed by atoms with van der Waals surface area (Å²) in [6.07, 6.45) is 5.61. The van der Waals surface area contributed by atoms with Gasteiger partial charge in [-0.25, -0.2) is 8.78 Å². The molecule has 106 valence electrons. The SMILES string of the molecule is CC1(C)CCCC(N)(Cc2ccc(F)cc2F)CC1. The molecule has 0 radical (unpaired) electrons. The van der Waals surface area contributed by atoms with Crippen LogP contribution in [0.4, 0.5) is 8.78 Å². The molecule has 0 heterocycles. The van der Waals surface area contributed by atoms with Crippen LogP contribution in [-0.2, 0) is 6.42 Å². The van der Waals surface area contributed by atoms with Crippen molar-refractivity contribution in [3.8, 4) is 0 Å². The van der Waals surface area contributed by atoms with Gasteiger partial charge in [-0.05, 0) is 49.1 Å². The van der Waals surface area contributed by atoms with Gasteiger partial charge in [0.2, 0.25) is 0 Å². The predicted octanol–water partition coefficient (Wildman–Crippen LogP) is 4.20. The van der Waals surface area contributed by atoms with E-state index >= 15 is 0 Å². The molecule has 19 heavy (non-hydrogen) atoms. The van der Waals surface area contributed by atoms with Gasteiger partial charge in [0, 0.05) is 11.6 Å². The Bertz CT molecular complexity index is 456. The van der Waals surface area contributed by atoms with Crippen LogP contribution in [0.5, 0.6) is 0 Å². The maximum absolute atomic E-state index is 13.7. The van der Waals surface area contributed by atoms with Crippen LogP contribution in [0.25, 0.3) is 0 Å². The van der Waals surface area contributed by atoms with E-state index in [-0.39, 0.29) is 5.54 Å². The molecule has 2 rings (SSSR count). The summed E-state index contributed by atoms with van der Waals surface area (Å²) in [5.41, 5.74) is 6.96. The van der Waals surface area contributed by atoms with Crippen molar-refractivity contribution >= 4 is 0 Å². The molecule has 1 aliphatic carbocycles. The van der Waals surface area contributed by atoms with Crippen LogP contribution < -0.4 is 5.73 Å². The lowest BCUT2D eigenvalue weighted by atomic mass is 9.81. The maximum atomic E-state index is 13.7. The van der Waals surface area contributed by atoms with Crippen LogP contribution in [-0.4, -0.2) is 5.54 Å². The third-order valence-corrected chi connectivity index (χ3v) is 4.39. The van der Waals surface area contributed by atoms with E-state index in [9.17, 15) is 8.78 Å². The summed E-state index contributed by atoms with van der Waals surface area (Å²) in [7, 11) is 0. The van der Waals surface area contributed by atoms with Gasteiger partial charge in [0.25, 0.3) is 0 Å². The van der Waals surface area contributed by atoms with Crippen molar-refractivity contribution in [2.45, 2.75) is 57.9 Å². The van der Waals surface area contributed by atoms with Crippen LogP contribution in [0.2, 0.25) is 0 Å². The summed E-state index contributed by atoms with van der Waals surface area (Å²) in [6, 6.07) is 3.77. The Morgan fingerprint density at radius 1 is 1.11 bits per heavy atom. The standard InChI is InChI=1S/C16H23F2N/c1-15(2)6-3-7-16(19,9-8-15)11-12-4-5-13(17)10-14(12)18/h4-5,10H,3,6-9,11,19H2,1-2H3. The Morgan fingerprint density at radius 2 is 1.84 bits per heavy atom. The van der Waals surface area contributed by atoms with E-state index in [4.69, 9.17) is 5.73 Å². The number of nitrogens with two attached hydrogens (primary N) is 1. The molecule has 1 aromatic carbocycles. The maximum Gasteiger partial charge on any atom is 0.129 e. The molecule has 1 aromatic rings. The highest BCUT2D eigenvalue weighted by atomic mass is 19.1. The normalized spacial score (nSPS) is 27.0. The predicted molar refractivity (Wildman–Crippen MR) is 73.8 cm³/mol.